The first-order valence-corrected chi connectivity index (χ1v) is 19.0. The summed E-state index contributed by atoms with van der Waals surface area (Å²) < 4.78 is 9.61. The molecular weight excluding hydrogens is 604 g/mol. The van der Waals surface area contributed by atoms with Gasteiger partial charge in [-0.25, -0.2) is 9.59 Å². The number of hydrogen-bond acceptors (Lipinski definition) is 10. The van der Waals surface area contributed by atoms with Crippen molar-refractivity contribution in [2.24, 2.45) is 0 Å². The molecule has 12 heteroatoms. The Kier molecular flexibility index (Phi) is 20.9. The van der Waals surface area contributed by atoms with Crippen molar-refractivity contribution in [3.8, 4) is 0 Å². The molecule has 0 aliphatic carbocycles. The Bertz CT molecular complexity index is 845. The summed E-state index contributed by atoms with van der Waals surface area (Å²) >= 11 is 0. The van der Waals surface area contributed by atoms with Crippen LogP contribution in [-0.2, 0) is 38.2 Å². The van der Waals surface area contributed by atoms with Crippen LogP contribution < -0.4 is 10.6 Å². The van der Waals surface area contributed by atoms with E-state index in [9.17, 15) is 28.8 Å². The zero-order chi connectivity index (χ0) is 31.8. The number of ketones is 2. The summed E-state index contributed by atoms with van der Waals surface area (Å²) in [5.41, 5.74) is 0. The molecule has 2 fully saturated rings. The summed E-state index contributed by atoms with van der Waals surface area (Å²) in [6.45, 7) is 0.645. The number of cyclic esters (lactones) is 2. The summed E-state index contributed by atoms with van der Waals surface area (Å²) in [6.07, 6.45) is 17.1. The predicted molar refractivity (Wildman–Crippen MR) is 173 cm³/mol. The molecule has 2 aliphatic rings. The smallest absolute Gasteiger partial charge is 0.328 e. The average Bonchev–Trinajstić information content (AvgIpc) is 3.58. The highest BCUT2D eigenvalue weighted by Crippen LogP contribution is 2.25. The number of carbonyl (C=O) groups excluding carboxylic acids is 6. The van der Waals surface area contributed by atoms with Crippen LogP contribution in [0.15, 0.2) is 0 Å². The van der Waals surface area contributed by atoms with Crippen LogP contribution in [0.1, 0.15) is 128 Å². The van der Waals surface area contributed by atoms with Crippen molar-refractivity contribution in [1.29, 1.82) is 0 Å². The Hall–Kier alpha value is -2.08. The summed E-state index contributed by atoms with van der Waals surface area (Å²) in [5.74, 6) is 0.635. The highest BCUT2D eigenvalue weighted by atomic mass is 33.1. The minimum absolute atomic E-state index is 0.0685. The molecule has 2 saturated heterocycles. The molecule has 2 rings (SSSR count). The SMILES string of the molecule is O=C(CCCCCCCCCSSCCCCCCCCCC(=O)CC(=O)N[C@H]1CCOC1=O)CC(=O)NC1CCOC1=O. The van der Waals surface area contributed by atoms with E-state index in [4.69, 9.17) is 9.47 Å². The standard InChI is InChI=1S/C32H52N2O8S2/c35-25(23-29(37)33-27-17-19-41-31(27)39)15-11-7-3-1-5-9-13-21-43-44-22-14-10-6-2-4-8-12-16-26(36)24-30(38)34-28-18-20-42-32(28)40/h27-28H,1-24H2,(H,33,37)(H,34,38)/t27-,28?/m0/s1. The first-order valence-electron chi connectivity index (χ1n) is 16.5. The van der Waals surface area contributed by atoms with Gasteiger partial charge in [0.2, 0.25) is 11.8 Å². The second-order valence-corrected chi connectivity index (χ2v) is 14.4. The van der Waals surface area contributed by atoms with Gasteiger partial charge in [0.25, 0.3) is 0 Å². The maximum Gasteiger partial charge on any atom is 0.328 e. The predicted octanol–water partition coefficient (Wildman–Crippen LogP) is 5.39. The lowest BCUT2D eigenvalue weighted by Gasteiger charge is -2.08. The third-order valence-corrected chi connectivity index (χ3v) is 10.3. The van der Waals surface area contributed by atoms with Crippen molar-refractivity contribution in [1.82, 2.24) is 10.6 Å². The monoisotopic (exact) mass is 656 g/mol. The van der Waals surface area contributed by atoms with Crippen molar-refractivity contribution in [2.75, 3.05) is 24.7 Å². The van der Waals surface area contributed by atoms with Crippen LogP contribution in [0.25, 0.3) is 0 Å². The van der Waals surface area contributed by atoms with Crippen LogP contribution >= 0.6 is 21.6 Å². The molecule has 44 heavy (non-hydrogen) atoms. The molecule has 0 aromatic rings. The topological polar surface area (TPSA) is 145 Å². The third kappa shape index (κ3) is 18.7. The third-order valence-electron chi connectivity index (χ3n) is 7.71. The first kappa shape index (κ1) is 38.1. The van der Waals surface area contributed by atoms with Crippen molar-refractivity contribution in [3.05, 3.63) is 0 Å². The number of hydrogen-bond donors (Lipinski definition) is 2. The Morgan fingerprint density at radius 2 is 0.886 bits per heavy atom. The normalized spacial score (nSPS) is 17.7. The van der Waals surface area contributed by atoms with Gasteiger partial charge in [0, 0.05) is 37.2 Å². The van der Waals surface area contributed by atoms with E-state index in [2.05, 4.69) is 10.6 Å². The summed E-state index contributed by atoms with van der Waals surface area (Å²) in [7, 11) is 3.94. The zero-order valence-corrected chi connectivity index (χ0v) is 27.8. The van der Waals surface area contributed by atoms with E-state index in [1.54, 1.807) is 0 Å². The largest absolute Gasteiger partial charge is 0.464 e. The van der Waals surface area contributed by atoms with Crippen LogP contribution in [-0.4, -0.2) is 72.1 Å². The molecule has 0 spiro atoms. The van der Waals surface area contributed by atoms with Gasteiger partial charge in [0.1, 0.15) is 23.7 Å². The van der Waals surface area contributed by atoms with Crippen molar-refractivity contribution in [2.45, 2.75) is 141 Å². The summed E-state index contributed by atoms with van der Waals surface area (Å²) in [6, 6.07) is -1.19. The molecule has 2 amide bonds. The molecule has 250 valence electrons. The molecule has 0 aromatic heterocycles. The second-order valence-electron chi connectivity index (χ2n) is 11.7. The minimum Gasteiger partial charge on any atom is -0.464 e. The molecule has 0 bridgehead atoms. The van der Waals surface area contributed by atoms with Gasteiger partial charge in [-0.3, -0.25) is 19.2 Å². The van der Waals surface area contributed by atoms with Crippen LogP contribution in [0.5, 0.6) is 0 Å². The van der Waals surface area contributed by atoms with Gasteiger partial charge in [0.05, 0.1) is 26.1 Å². The molecule has 10 nitrogen and oxygen atoms in total. The molecule has 0 saturated carbocycles. The van der Waals surface area contributed by atoms with Crippen LogP contribution in [0.2, 0.25) is 0 Å². The van der Waals surface area contributed by atoms with Gasteiger partial charge in [-0.2, -0.15) is 0 Å². The van der Waals surface area contributed by atoms with E-state index in [1.165, 1.54) is 62.9 Å². The lowest BCUT2D eigenvalue weighted by Crippen LogP contribution is -2.38. The van der Waals surface area contributed by atoms with Gasteiger partial charge in [0.15, 0.2) is 0 Å². The maximum absolute atomic E-state index is 12.0. The fourth-order valence-corrected chi connectivity index (χ4v) is 7.43. The van der Waals surface area contributed by atoms with E-state index in [-0.39, 0.29) is 36.2 Å². The quantitative estimate of drug-likeness (QED) is 0.0511. The van der Waals surface area contributed by atoms with E-state index in [1.807, 2.05) is 21.6 Å². The van der Waals surface area contributed by atoms with Crippen LogP contribution in [0, 0.1) is 0 Å². The van der Waals surface area contributed by atoms with Crippen molar-refractivity contribution >= 4 is 56.9 Å². The average molecular weight is 657 g/mol. The van der Waals surface area contributed by atoms with E-state index < -0.39 is 24.0 Å². The molecule has 1 unspecified atom stereocenters. The van der Waals surface area contributed by atoms with Crippen LogP contribution in [0.4, 0.5) is 0 Å². The number of Topliss-reactive ketones (excluding diaryl/α,β-unsaturated/α-hetero) is 2. The summed E-state index contributed by atoms with van der Waals surface area (Å²) in [5, 5.41) is 5.15. The van der Waals surface area contributed by atoms with Gasteiger partial charge < -0.3 is 20.1 Å². The van der Waals surface area contributed by atoms with Gasteiger partial charge in [-0.1, -0.05) is 85.8 Å². The summed E-state index contributed by atoms with van der Waals surface area (Å²) in [4.78, 5) is 70.4. The minimum atomic E-state index is -0.596. The van der Waals surface area contributed by atoms with Crippen molar-refractivity contribution < 1.29 is 38.2 Å². The lowest BCUT2D eigenvalue weighted by atomic mass is 10.1. The molecule has 0 radical (unpaired) electrons. The Morgan fingerprint density at radius 1 is 0.545 bits per heavy atom. The number of carbonyl (C=O) groups is 6. The number of nitrogens with one attached hydrogen (secondary N) is 2. The Morgan fingerprint density at radius 3 is 1.23 bits per heavy atom. The second kappa shape index (κ2) is 24.2. The Balaban J connectivity index is 1.24. The number of unbranched alkanes of at least 4 members (excludes halogenated alkanes) is 12. The van der Waals surface area contributed by atoms with Gasteiger partial charge >= 0.3 is 11.9 Å². The molecule has 2 heterocycles. The first-order chi connectivity index (χ1) is 21.3. The van der Waals surface area contributed by atoms with Gasteiger partial charge in [-0.15, -0.1) is 0 Å². The zero-order valence-electron chi connectivity index (χ0n) is 26.2. The van der Waals surface area contributed by atoms with E-state index in [0.717, 1.165) is 38.5 Å². The van der Waals surface area contributed by atoms with E-state index in [0.29, 0.717) is 38.9 Å². The molecule has 0 aromatic carbocycles. The maximum atomic E-state index is 12.0. The number of rotatable bonds is 27. The Labute approximate surface area is 270 Å². The molecular formula is C32H52N2O8S2. The lowest BCUT2D eigenvalue weighted by molar-refractivity contribution is -0.142. The fourth-order valence-electron chi connectivity index (χ4n) is 5.13. The molecule has 2 N–H and O–H groups in total. The van der Waals surface area contributed by atoms with Crippen molar-refractivity contribution in [3.63, 3.8) is 0 Å². The molecule has 2 atom stereocenters. The fraction of sp³-hybridized carbons (Fsp3) is 0.812. The highest BCUT2D eigenvalue weighted by molar-refractivity contribution is 8.76. The molecule has 2 aliphatic heterocycles. The number of esters is 2. The highest BCUT2D eigenvalue weighted by Gasteiger charge is 2.29. The van der Waals surface area contributed by atoms with E-state index >= 15 is 0 Å². The van der Waals surface area contributed by atoms with Gasteiger partial charge in [-0.05, 0) is 25.7 Å². The van der Waals surface area contributed by atoms with Crippen LogP contribution in [0.3, 0.4) is 0 Å². The number of ether oxygens (including phenoxy) is 2. The number of amides is 2.